The molecule has 0 aliphatic rings. The largest absolute Gasteiger partial charge is 1.00 e. The van der Waals surface area contributed by atoms with E-state index < -0.39 is 43.5 Å². The van der Waals surface area contributed by atoms with Crippen LogP contribution < -0.4 is 139 Å². The van der Waals surface area contributed by atoms with Gasteiger partial charge < -0.3 is 39.6 Å². The van der Waals surface area contributed by atoms with E-state index in [1.54, 1.807) is 4.90 Å². The third-order valence-electron chi connectivity index (χ3n) is 3.70. The van der Waals surface area contributed by atoms with Crippen molar-refractivity contribution >= 4 is 23.9 Å². The van der Waals surface area contributed by atoms with E-state index in [9.17, 15) is 39.6 Å². The Morgan fingerprint density at radius 3 is 1.06 bits per heavy atom. The maximum Gasteiger partial charge on any atom is 1.00 e. The fourth-order valence-corrected chi connectivity index (χ4v) is 2.43. The zero-order valence-electron chi connectivity index (χ0n) is 19.4. The van der Waals surface area contributed by atoms with Crippen molar-refractivity contribution in [3.05, 3.63) is 0 Å². The first-order valence-electron chi connectivity index (χ1n) is 8.60. The summed E-state index contributed by atoms with van der Waals surface area (Å²) in [6.07, 6.45) is 1.62. The Hall–Kier alpha value is 1.76. The van der Waals surface area contributed by atoms with Crippen LogP contribution >= 0.6 is 0 Å². The molecule has 0 rings (SSSR count). The molecule has 0 aliphatic heterocycles. The predicted octanol–water partition coefficient (Wildman–Crippen LogP) is -18.3. The Kier molecular flexibility index (Phi) is 36.5. The Bertz CT molecular complexity index is 501. The van der Waals surface area contributed by atoms with Gasteiger partial charge in [0.1, 0.15) is 0 Å². The van der Waals surface area contributed by atoms with Gasteiger partial charge in [0.2, 0.25) is 0 Å². The number of hydrogen-bond donors (Lipinski definition) is 0. The number of carboxylic acids is 4. The first kappa shape index (κ1) is 42.9. The van der Waals surface area contributed by atoms with Crippen LogP contribution in [0.1, 0.15) is 19.8 Å². The van der Waals surface area contributed by atoms with E-state index in [0.29, 0.717) is 6.54 Å². The number of nitrogens with zero attached hydrogens (tertiary/aromatic N) is 3. The molecular formula is C16H25N3Na4O8. The van der Waals surface area contributed by atoms with Crippen molar-refractivity contribution in [1.82, 2.24) is 14.7 Å². The summed E-state index contributed by atoms with van der Waals surface area (Å²) in [5, 5.41) is 43.1. The molecule has 0 atom stereocenters. The average molecular weight is 479 g/mol. The van der Waals surface area contributed by atoms with Crippen molar-refractivity contribution in [2.24, 2.45) is 0 Å². The second-order valence-electron chi connectivity index (χ2n) is 6.10. The molecule has 0 heterocycles. The van der Waals surface area contributed by atoms with Crippen LogP contribution in [0.4, 0.5) is 0 Å². The van der Waals surface area contributed by atoms with Crippen molar-refractivity contribution in [1.29, 1.82) is 0 Å². The maximum absolute atomic E-state index is 10.9. The summed E-state index contributed by atoms with van der Waals surface area (Å²) in [4.78, 5) is 47.2. The molecule has 0 unspecified atom stereocenters. The van der Waals surface area contributed by atoms with E-state index in [4.69, 9.17) is 0 Å². The van der Waals surface area contributed by atoms with Crippen LogP contribution in [0, 0.1) is 0 Å². The molecule has 0 aliphatic carbocycles. The molecule has 0 saturated carbocycles. The van der Waals surface area contributed by atoms with Gasteiger partial charge in [0, 0.05) is 52.4 Å². The van der Waals surface area contributed by atoms with Gasteiger partial charge in [0.25, 0.3) is 0 Å². The SMILES string of the molecule is CCCCN(CCN(CCN(CC(=O)[O-])CC(=O)[O-])CC(=O)[O-])CC(=O)[O-].[Na+].[Na+].[Na+].[Na+]. The molecule has 0 aromatic rings. The van der Waals surface area contributed by atoms with Gasteiger partial charge in [-0.05, 0) is 13.0 Å². The molecule has 11 nitrogen and oxygen atoms in total. The second-order valence-corrected chi connectivity index (χ2v) is 6.10. The van der Waals surface area contributed by atoms with Gasteiger partial charge in [-0.25, -0.2) is 0 Å². The number of aliphatic carboxylic acids is 4. The Morgan fingerprint density at radius 1 is 0.516 bits per heavy atom. The van der Waals surface area contributed by atoms with Crippen molar-refractivity contribution in [2.45, 2.75) is 19.8 Å². The third kappa shape index (κ3) is 27.9. The summed E-state index contributed by atoms with van der Waals surface area (Å²) in [5.74, 6) is -5.54. The molecule has 15 heteroatoms. The first-order chi connectivity index (χ1) is 12.6. The molecule has 0 fully saturated rings. The second kappa shape index (κ2) is 26.4. The van der Waals surface area contributed by atoms with Crippen LogP contribution in [0.5, 0.6) is 0 Å². The summed E-state index contributed by atoms with van der Waals surface area (Å²) in [5.41, 5.74) is 0. The number of unbranched alkanes of at least 4 members (excludes halogenated alkanes) is 1. The van der Waals surface area contributed by atoms with E-state index in [2.05, 4.69) is 0 Å². The van der Waals surface area contributed by atoms with Crippen LogP contribution in [0.3, 0.4) is 0 Å². The number of carbonyl (C=O) groups is 4. The molecule has 0 N–H and O–H groups in total. The van der Waals surface area contributed by atoms with Gasteiger partial charge in [-0.3, -0.25) is 14.7 Å². The monoisotopic (exact) mass is 479 g/mol. The third-order valence-corrected chi connectivity index (χ3v) is 3.70. The molecule has 0 bridgehead atoms. The normalized spacial score (nSPS) is 9.81. The standard InChI is InChI=1S/C16H29N3O8.4Na/c1-2-3-4-17(9-13(20)21)5-6-18(10-14(22)23)7-8-19(11-15(24)25)12-16(26)27;;;;/h2-12H2,1H3,(H,20,21)(H,22,23)(H,24,25)(H,26,27);;;;/q;4*+1/p-4. The summed E-state index contributed by atoms with van der Waals surface area (Å²) in [7, 11) is 0. The van der Waals surface area contributed by atoms with Crippen molar-refractivity contribution in [3.63, 3.8) is 0 Å². The average Bonchev–Trinajstić information content (AvgIpc) is 2.52. The van der Waals surface area contributed by atoms with E-state index in [0.717, 1.165) is 17.7 Å². The topological polar surface area (TPSA) is 170 Å². The van der Waals surface area contributed by atoms with Crippen LogP contribution in [0.15, 0.2) is 0 Å². The fourth-order valence-electron chi connectivity index (χ4n) is 2.43. The van der Waals surface area contributed by atoms with Crippen LogP contribution in [-0.4, -0.2) is 97.5 Å². The Labute approximate surface area is 271 Å². The van der Waals surface area contributed by atoms with Crippen LogP contribution in [-0.2, 0) is 19.2 Å². The maximum atomic E-state index is 10.9. The van der Waals surface area contributed by atoms with Gasteiger partial charge in [-0.2, -0.15) is 0 Å². The van der Waals surface area contributed by atoms with E-state index in [1.807, 2.05) is 6.92 Å². The van der Waals surface area contributed by atoms with Gasteiger partial charge in [0.15, 0.2) is 0 Å². The summed E-state index contributed by atoms with van der Waals surface area (Å²) in [6.45, 7) is 0.844. The van der Waals surface area contributed by atoms with E-state index in [-0.39, 0.29) is 151 Å². The molecular weight excluding hydrogens is 454 g/mol. The van der Waals surface area contributed by atoms with Crippen molar-refractivity contribution in [2.75, 3.05) is 58.9 Å². The summed E-state index contributed by atoms with van der Waals surface area (Å²) in [6, 6.07) is 0. The van der Waals surface area contributed by atoms with Crippen LogP contribution in [0.2, 0.25) is 0 Å². The molecule has 0 radical (unpaired) electrons. The molecule has 156 valence electrons. The van der Waals surface area contributed by atoms with Gasteiger partial charge in [-0.15, -0.1) is 0 Å². The summed E-state index contributed by atoms with van der Waals surface area (Å²) >= 11 is 0. The Morgan fingerprint density at radius 2 is 0.774 bits per heavy atom. The molecule has 0 amide bonds. The fraction of sp³-hybridized carbons (Fsp3) is 0.750. The van der Waals surface area contributed by atoms with Crippen LogP contribution in [0.25, 0.3) is 0 Å². The number of carboxylic acid groups (broad SMARTS) is 4. The smallest absolute Gasteiger partial charge is 0.549 e. The molecule has 31 heavy (non-hydrogen) atoms. The summed E-state index contributed by atoms with van der Waals surface area (Å²) < 4.78 is 0. The van der Waals surface area contributed by atoms with Crippen molar-refractivity contribution < 1.29 is 158 Å². The quantitative estimate of drug-likeness (QED) is 0.182. The van der Waals surface area contributed by atoms with Crippen molar-refractivity contribution in [3.8, 4) is 0 Å². The first-order valence-corrected chi connectivity index (χ1v) is 8.60. The van der Waals surface area contributed by atoms with E-state index in [1.165, 1.54) is 4.90 Å². The molecule has 0 saturated heterocycles. The molecule has 0 aromatic carbocycles. The number of rotatable bonds is 17. The van der Waals surface area contributed by atoms with Gasteiger partial charge >= 0.3 is 118 Å². The minimum atomic E-state index is -1.47. The Balaban J connectivity index is -0.000000563. The molecule has 0 aromatic heterocycles. The zero-order valence-corrected chi connectivity index (χ0v) is 27.4. The van der Waals surface area contributed by atoms with Gasteiger partial charge in [0.05, 0.1) is 23.9 Å². The predicted molar refractivity (Wildman–Crippen MR) is 84.3 cm³/mol. The van der Waals surface area contributed by atoms with Gasteiger partial charge in [-0.1, -0.05) is 13.3 Å². The number of hydrogen-bond acceptors (Lipinski definition) is 11. The zero-order chi connectivity index (χ0) is 20.8. The molecule has 0 spiro atoms. The minimum absolute atomic E-state index is 0. The van der Waals surface area contributed by atoms with E-state index >= 15 is 0 Å². The minimum Gasteiger partial charge on any atom is -0.549 e. The number of carbonyl (C=O) groups excluding carboxylic acids is 4.